The van der Waals surface area contributed by atoms with E-state index in [1.165, 1.54) is 0 Å². The molecule has 4 heterocycles. The van der Waals surface area contributed by atoms with E-state index in [1.54, 1.807) is 14.7 Å². The van der Waals surface area contributed by atoms with E-state index >= 15 is 4.79 Å². The van der Waals surface area contributed by atoms with Gasteiger partial charge in [0.1, 0.15) is 5.75 Å². The summed E-state index contributed by atoms with van der Waals surface area (Å²) in [5.74, 6) is -0.190. The smallest absolute Gasteiger partial charge is 0.264 e. The zero-order valence-corrected chi connectivity index (χ0v) is 35.8. The van der Waals surface area contributed by atoms with Crippen LogP contribution in [0, 0.1) is 5.92 Å². The van der Waals surface area contributed by atoms with Crippen LogP contribution in [0.4, 0.5) is 17.1 Å². The molecule has 7 rings (SSSR count). The third kappa shape index (κ3) is 7.82. The number of nitrogens with one attached hydrogen (secondary N) is 1. The molecule has 1 spiro atoms. The molecule has 3 aromatic carbocycles. The molecule has 4 N–H and O–H groups in total. The maximum absolute atomic E-state index is 15.1. The molecule has 57 heavy (non-hydrogen) atoms. The summed E-state index contributed by atoms with van der Waals surface area (Å²) in [7, 11) is -3.01. The summed E-state index contributed by atoms with van der Waals surface area (Å²) in [5.41, 5.74) is 2.75. The Morgan fingerprint density at radius 2 is 1.86 bits per heavy atom. The summed E-state index contributed by atoms with van der Waals surface area (Å²) >= 11 is 3.63. The Morgan fingerprint density at radius 3 is 2.60 bits per heavy atom. The van der Waals surface area contributed by atoms with E-state index < -0.39 is 37.5 Å². The number of hydrogen-bond acceptors (Lipinski definition) is 9. The predicted molar refractivity (Wildman–Crippen MR) is 224 cm³/mol. The number of carbonyl (C=O) groups is 3. The number of ether oxygens (including phenoxy) is 2. The molecule has 4 aliphatic heterocycles. The zero-order chi connectivity index (χ0) is 40.6. The van der Waals surface area contributed by atoms with E-state index in [2.05, 4.69) is 21.2 Å². The van der Waals surface area contributed by atoms with Crippen LogP contribution in [0.5, 0.6) is 5.75 Å². The number of benzene rings is 3. The van der Waals surface area contributed by atoms with Gasteiger partial charge in [-0.15, -0.1) is 0 Å². The Morgan fingerprint density at radius 1 is 1.07 bits per heavy atom. The highest BCUT2D eigenvalue weighted by atomic mass is 79.9. The molecule has 0 radical (unpaired) electrons. The van der Waals surface area contributed by atoms with Crippen molar-refractivity contribution in [3.8, 4) is 5.75 Å². The number of carbonyl (C=O) groups excluding carboxylic acids is 3. The van der Waals surface area contributed by atoms with Crippen LogP contribution in [-0.2, 0) is 37.7 Å². The van der Waals surface area contributed by atoms with Crippen molar-refractivity contribution in [1.82, 2.24) is 10.2 Å². The molecule has 1 unspecified atom stereocenters. The Balaban J connectivity index is 1.21. The average molecular weight is 864 g/mol. The second kappa shape index (κ2) is 16.9. The minimum atomic E-state index is -3.01. The topological polar surface area (TPSA) is 152 Å². The molecular formula is C43H55BrN4O8Si. The van der Waals surface area contributed by atoms with Crippen molar-refractivity contribution in [2.75, 3.05) is 42.7 Å². The van der Waals surface area contributed by atoms with Crippen molar-refractivity contribution in [3.63, 3.8) is 0 Å². The van der Waals surface area contributed by atoms with Crippen LogP contribution in [0.1, 0.15) is 62.6 Å². The lowest BCUT2D eigenvalue weighted by Gasteiger charge is -2.35. The van der Waals surface area contributed by atoms with Gasteiger partial charge in [-0.3, -0.25) is 19.3 Å². The second-order valence-electron chi connectivity index (χ2n) is 16.4. The first-order chi connectivity index (χ1) is 27.3. The number of likely N-dealkylation sites (tertiary alicyclic amines) is 1. The second-order valence-corrected chi connectivity index (χ2v) is 21.3. The lowest BCUT2D eigenvalue weighted by atomic mass is 9.82. The van der Waals surface area contributed by atoms with Gasteiger partial charge in [0.15, 0.2) is 13.9 Å². The van der Waals surface area contributed by atoms with Crippen LogP contribution in [0.15, 0.2) is 65.1 Å². The fraction of sp³-hybridized carbons (Fsp3) is 0.512. The largest absolute Gasteiger partial charge is 0.494 e. The molecular weight excluding hydrogens is 808 g/mol. The molecule has 3 amide bonds. The van der Waals surface area contributed by atoms with Gasteiger partial charge in [-0.2, -0.15) is 0 Å². The minimum absolute atomic E-state index is 0.0115. The molecule has 3 aromatic rings. The van der Waals surface area contributed by atoms with E-state index in [9.17, 15) is 24.6 Å². The number of fused-ring (bicyclic) bond motifs is 3. The number of aliphatic hydroxyl groups excluding tert-OH is 2. The van der Waals surface area contributed by atoms with Gasteiger partial charge in [-0.1, -0.05) is 35.0 Å². The molecule has 0 saturated carbocycles. The van der Waals surface area contributed by atoms with Crippen molar-refractivity contribution in [2.24, 2.45) is 5.92 Å². The van der Waals surface area contributed by atoms with Crippen molar-refractivity contribution in [3.05, 3.63) is 81.8 Å². The van der Waals surface area contributed by atoms with Gasteiger partial charge >= 0.3 is 0 Å². The summed E-state index contributed by atoms with van der Waals surface area (Å²) in [4.78, 5) is 60.1. The molecule has 4 aliphatic rings. The van der Waals surface area contributed by atoms with E-state index in [0.29, 0.717) is 49.5 Å². The van der Waals surface area contributed by atoms with E-state index in [0.717, 1.165) is 46.3 Å². The van der Waals surface area contributed by atoms with Gasteiger partial charge in [0, 0.05) is 40.3 Å². The lowest BCUT2D eigenvalue weighted by Crippen LogP contribution is -2.49. The molecule has 0 aliphatic carbocycles. The van der Waals surface area contributed by atoms with Gasteiger partial charge < -0.3 is 39.6 Å². The molecule has 6 atom stereocenters. The van der Waals surface area contributed by atoms with Crippen LogP contribution in [-0.4, -0.2) is 97.0 Å². The number of amides is 3. The number of nitrogens with zero attached hydrogens (tertiary/aromatic N) is 3. The minimum Gasteiger partial charge on any atom is -0.494 e. The average Bonchev–Trinajstić information content (AvgIpc) is 3.84. The number of halogens is 1. The molecule has 306 valence electrons. The van der Waals surface area contributed by atoms with Crippen molar-refractivity contribution < 1.29 is 38.9 Å². The Hall–Kier alpha value is -3.63. The van der Waals surface area contributed by atoms with E-state index in [4.69, 9.17) is 9.47 Å². The van der Waals surface area contributed by atoms with Gasteiger partial charge in [0.2, 0.25) is 11.8 Å². The summed E-state index contributed by atoms with van der Waals surface area (Å²) in [6, 6.07) is 18.5. The normalized spacial score (nSPS) is 25.8. The molecule has 0 aromatic heterocycles. The highest BCUT2D eigenvalue weighted by molar-refractivity contribution is 9.10. The van der Waals surface area contributed by atoms with Gasteiger partial charge in [0.05, 0.1) is 55.7 Å². The summed E-state index contributed by atoms with van der Waals surface area (Å²) in [6.07, 6.45) is 2.76. The van der Waals surface area contributed by atoms with Gasteiger partial charge in [-0.05, 0) is 118 Å². The monoisotopic (exact) mass is 862 g/mol. The maximum Gasteiger partial charge on any atom is 0.264 e. The fourth-order valence-electron chi connectivity index (χ4n) is 9.75. The van der Waals surface area contributed by atoms with Crippen LogP contribution in [0.3, 0.4) is 0 Å². The summed E-state index contributed by atoms with van der Waals surface area (Å²) < 4.78 is 13.5. The van der Waals surface area contributed by atoms with Crippen LogP contribution >= 0.6 is 15.9 Å². The number of hydrogen-bond donors (Lipinski definition) is 4. The van der Waals surface area contributed by atoms with Crippen molar-refractivity contribution >= 4 is 59.0 Å². The van der Waals surface area contributed by atoms with E-state index in [-0.39, 0.29) is 49.9 Å². The number of rotatable bonds is 14. The van der Waals surface area contributed by atoms with Gasteiger partial charge in [0.25, 0.3) is 5.91 Å². The molecule has 2 fully saturated rings. The quantitative estimate of drug-likeness (QED) is 0.121. The van der Waals surface area contributed by atoms with Crippen molar-refractivity contribution in [1.29, 1.82) is 0 Å². The summed E-state index contributed by atoms with van der Waals surface area (Å²) in [6.45, 7) is 9.45. The number of anilines is 3. The lowest BCUT2D eigenvalue weighted by molar-refractivity contribution is -0.150. The Kier molecular flexibility index (Phi) is 12.3. The van der Waals surface area contributed by atoms with Crippen LogP contribution < -0.4 is 19.9 Å². The van der Waals surface area contributed by atoms with Gasteiger partial charge in [-0.25, -0.2) is 0 Å². The number of aliphatic hydroxyl groups is 2. The van der Waals surface area contributed by atoms with Crippen LogP contribution in [0.25, 0.3) is 0 Å². The third-order valence-electron chi connectivity index (χ3n) is 12.3. The highest BCUT2D eigenvalue weighted by Crippen LogP contribution is 2.60. The fourth-order valence-corrected chi connectivity index (χ4v) is 12.7. The standard InChI is InChI=1S/C43H55BrN4O8Si/c1-5-55-33-14-16-36-29(21-33)22-35(45-17-6-7-19-49)41(52)48(36)31-11-8-10-28(20-31)25-47-37-15-13-30(44)23-34(37)43(42(47)53)27(2)40(57(3,4)54)38(56-43)24-39(51)46-18-9-12-32(46)26-50/h8,10-11,13-16,20-21,23,27,32,35,38,40,45,49-50,54H,5-7,9,12,17-19,22,24-26H2,1-4H3/t27-,32+,35?,38+,40-,43+/m1/s1. The molecule has 14 heteroatoms. The first kappa shape index (κ1) is 41.5. The summed E-state index contributed by atoms with van der Waals surface area (Å²) in [5, 5.41) is 22.7. The first-order valence-corrected chi connectivity index (χ1v) is 24.1. The van der Waals surface area contributed by atoms with E-state index in [1.807, 2.05) is 87.6 Å². The molecule has 2 saturated heterocycles. The Labute approximate surface area is 344 Å². The number of unbranched alkanes of at least 4 members (excludes halogenated alkanes) is 1. The Bertz CT molecular complexity index is 1990. The SMILES string of the molecule is CCOc1ccc2c(c1)CC(NCCCCO)C(=O)N2c1cccc(CN2C(=O)[C@@]3(O[C@@H](CC(=O)N4CCC[C@H]4CO)[C@H]([Si](C)(C)O)[C@H]3C)c3cc(Br)ccc32)c1. The first-order valence-electron chi connectivity index (χ1n) is 20.3. The zero-order valence-electron chi connectivity index (χ0n) is 33.2. The predicted octanol–water partition coefficient (Wildman–Crippen LogP) is 5.52. The van der Waals surface area contributed by atoms with Crippen molar-refractivity contribution in [2.45, 2.75) is 101 Å². The third-order valence-corrected chi connectivity index (χ3v) is 15.3. The molecule has 12 nitrogen and oxygen atoms in total. The maximum atomic E-state index is 15.1. The van der Waals surface area contributed by atoms with Crippen LogP contribution in [0.2, 0.25) is 18.6 Å². The molecule has 0 bridgehead atoms. The highest BCUT2D eigenvalue weighted by Gasteiger charge is 2.66.